The molecular formula is C12H19NO2S. The minimum Gasteiger partial charge on any atom is -0.469 e. The molecule has 1 rings (SSSR count). The number of hydrogen-bond donors (Lipinski definition) is 1. The largest absolute Gasteiger partial charge is 0.469 e. The molecule has 1 aromatic heterocycles. The maximum atomic E-state index is 11.5. The summed E-state index contributed by atoms with van der Waals surface area (Å²) in [7, 11) is 1.40. The molecule has 90 valence electrons. The van der Waals surface area contributed by atoms with Gasteiger partial charge in [-0.3, -0.25) is 4.79 Å². The van der Waals surface area contributed by atoms with Crippen LogP contribution in [0.15, 0.2) is 16.8 Å². The molecule has 0 fully saturated rings. The molecule has 16 heavy (non-hydrogen) atoms. The van der Waals surface area contributed by atoms with Crippen molar-refractivity contribution in [3.05, 3.63) is 22.4 Å². The fraction of sp³-hybridized carbons (Fsp3) is 0.583. The third-order valence-electron chi connectivity index (χ3n) is 3.31. The van der Waals surface area contributed by atoms with E-state index in [4.69, 9.17) is 10.5 Å². The molecule has 0 aliphatic carbocycles. The molecule has 1 aromatic rings. The van der Waals surface area contributed by atoms with Crippen LogP contribution in [0, 0.1) is 0 Å². The quantitative estimate of drug-likeness (QED) is 0.823. The van der Waals surface area contributed by atoms with E-state index in [1.807, 2.05) is 37.6 Å². The Morgan fingerprint density at radius 3 is 2.50 bits per heavy atom. The lowest BCUT2D eigenvalue weighted by molar-refractivity contribution is -0.142. The predicted molar refractivity (Wildman–Crippen MR) is 66.6 cm³/mol. The first-order valence-corrected chi connectivity index (χ1v) is 6.14. The van der Waals surface area contributed by atoms with Crippen LogP contribution in [-0.4, -0.2) is 18.6 Å². The summed E-state index contributed by atoms with van der Waals surface area (Å²) < 4.78 is 4.75. The van der Waals surface area contributed by atoms with E-state index < -0.39 is 11.0 Å². The third kappa shape index (κ3) is 2.44. The number of hydrogen-bond acceptors (Lipinski definition) is 4. The molecule has 0 aliphatic rings. The Balaban J connectivity index is 3.09. The Labute approximate surface area is 101 Å². The molecule has 0 spiro atoms. The van der Waals surface area contributed by atoms with Crippen LogP contribution in [0.5, 0.6) is 0 Å². The van der Waals surface area contributed by atoms with E-state index in [-0.39, 0.29) is 5.97 Å². The first kappa shape index (κ1) is 13.2. The van der Waals surface area contributed by atoms with Crippen LogP contribution >= 0.6 is 11.3 Å². The minimum absolute atomic E-state index is 0.229. The van der Waals surface area contributed by atoms with Crippen LogP contribution in [0.2, 0.25) is 0 Å². The maximum absolute atomic E-state index is 11.5. The van der Waals surface area contributed by atoms with E-state index in [1.165, 1.54) is 7.11 Å². The Morgan fingerprint density at radius 2 is 2.12 bits per heavy atom. The Kier molecular flexibility index (Phi) is 3.76. The molecule has 0 aliphatic heterocycles. The molecule has 1 unspecified atom stereocenters. The van der Waals surface area contributed by atoms with Crippen LogP contribution in [0.3, 0.4) is 0 Å². The lowest BCUT2D eigenvalue weighted by atomic mass is 9.67. The van der Waals surface area contributed by atoms with Crippen molar-refractivity contribution >= 4 is 17.3 Å². The number of carbonyl (C=O) groups excluding carboxylic acids is 1. The average Bonchev–Trinajstić information content (AvgIpc) is 2.68. The van der Waals surface area contributed by atoms with Crippen LogP contribution in [0.25, 0.3) is 0 Å². The summed E-state index contributed by atoms with van der Waals surface area (Å²) in [5, 5.41) is 4.04. The van der Waals surface area contributed by atoms with Crippen molar-refractivity contribution < 1.29 is 9.53 Å². The SMILES string of the molecule is COC(=O)CC(C)(c1ccsc1)C(C)(C)N. The molecule has 0 aromatic carbocycles. The van der Waals surface area contributed by atoms with Crippen molar-refractivity contribution in [1.29, 1.82) is 0 Å². The van der Waals surface area contributed by atoms with E-state index >= 15 is 0 Å². The Bertz CT molecular complexity index is 354. The van der Waals surface area contributed by atoms with Gasteiger partial charge in [-0.25, -0.2) is 0 Å². The predicted octanol–water partition coefficient (Wildman–Crippen LogP) is 2.31. The van der Waals surface area contributed by atoms with E-state index in [2.05, 4.69) is 0 Å². The van der Waals surface area contributed by atoms with Gasteiger partial charge in [0.15, 0.2) is 0 Å². The highest BCUT2D eigenvalue weighted by Gasteiger charge is 2.42. The average molecular weight is 241 g/mol. The molecule has 2 N–H and O–H groups in total. The summed E-state index contributed by atoms with van der Waals surface area (Å²) in [5.74, 6) is -0.229. The van der Waals surface area contributed by atoms with Crippen molar-refractivity contribution in [2.45, 2.75) is 38.1 Å². The molecule has 0 amide bonds. The van der Waals surface area contributed by atoms with E-state index in [0.29, 0.717) is 6.42 Å². The zero-order valence-corrected chi connectivity index (χ0v) is 11.1. The molecule has 0 radical (unpaired) electrons. The number of nitrogens with two attached hydrogens (primary N) is 1. The lowest BCUT2D eigenvalue weighted by Crippen LogP contribution is -2.53. The lowest BCUT2D eigenvalue weighted by Gasteiger charge is -2.40. The summed E-state index contributed by atoms with van der Waals surface area (Å²) in [6.45, 7) is 5.88. The Morgan fingerprint density at radius 1 is 1.50 bits per heavy atom. The van der Waals surface area contributed by atoms with Gasteiger partial charge in [0.05, 0.1) is 13.5 Å². The molecule has 3 nitrogen and oxygen atoms in total. The monoisotopic (exact) mass is 241 g/mol. The van der Waals surface area contributed by atoms with Crippen LogP contribution in [0.1, 0.15) is 32.8 Å². The second-order valence-corrected chi connectivity index (χ2v) is 5.60. The smallest absolute Gasteiger partial charge is 0.306 e. The van der Waals surface area contributed by atoms with Crippen molar-refractivity contribution in [1.82, 2.24) is 0 Å². The molecule has 0 bridgehead atoms. The zero-order chi connectivity index (χ0) is 12.4. The van der Waals surface area contributed by atoms with Crippen LogP contribution in [-0.2, 0) is 14.9 Å². The van der Waals surface area contributed by atoms with Crippen molar-refractivity contribution in [2.24, 2.45) is 5.73 Å². The molecule has 1 atom stereocenters. The number of ether oxygens (including phenoxy) is 1. The van der Waals surface area contributed by atoms with E-state index in [0.717, 1.165) is 5.56 Å². The van der Waals surface area contributed by atoms with Gasteiger partial charge in [0, 0.05) is 11.0 Å². The first-order valence-electron chi connectivity index (χ1n) is 5.19. The summed E-state index contributed by atoms with van der Waals surface area (Å²) >= 11 is 1.61. The van der Waals surface area contributed by atoms with Crippen molar-refractivity contribution in [3.8, 4) is 0 Å². The van der Waals surface area contributed by atoms with Gasteiger partial charge < -0.3 is 10.5 Å². The highest BCUT2D eigenvalue weighted by molar-refractivity contribution is 7.08. The second kappa shape index (κ2) is 4.55. The van der Waals surface area contributed by atoms with Crippen molar-refractivity contribution in [2.75, 3.05) is 7.11 Å². The fourth-order valence-electron chi connectivity index (χ4n) is 1.64. The fourth-order valence-corrected chi connectivity index (χ4v) is 2.43. The van der Waals surface area contributed by atoms with Gasteiger partial charge in [0.1, 0.15) is 0 Å². The highest BCUT2D eigenvalue weighted by Crippen LogP contribution is 2.38. The second-order valence-electron chi connectivity index (χ2n) is 4.82. The Hall–Kier alpha value is -0.870. The van der Waals surface area contributed by atoms with Gasteiger partial charge >= 0.3 is 5.97 Å². The number of thiophene rings is 1. The van der Waals surface area contributed by atoms with E-state index in [9.17, 15) is 4.79 Å². The normalized spacial score (nSPS) is 15.6. The van der Waals surface area contributed by atoms with Gasteiger partial charge in [-0.1, -0.05) is 6.92 Å². The first-order chi connectivity index (χ1) is 7.31. The number of methoxy groups -OCH3 is 1. The number of carbonyl (C=O) groups is 1. The van der Waals surface area contributed by atoms with Gasteiger partial charge in [-0.05, 0) is 36.2 Å². The van der Waals surface area contributed by atoms with Crippen molar-refractivity contribution in [3.63, 3.8) is 0 Å². The van der Waals surface area contributed by atoms with Gasteiger partial charge in [0.25, 0.3) is 0 Å². The molecule has 1 heterocycles. The maximum Gasteiger partial charge on any atom is 0.306 e. The molecule has 0 saturated carbocycles. The molecule has 0 saturated heterocycles. The summed E-state index contributed by atoms with van der Waals surface area (Å²) in [5.41, 5.74) is 6.41. The zero-order valence-electron chi connectivity index (χ0n) is 10.2. The summed E-state index contributed by atoms with van der Waals surface area (Å²) in [6, 6.07) is 2.02. The third-order valence-corrected chi connectivity index (χ3v) is 3.99. The van der Waals surface area contributed by atoms with Crippen LogP contribution in [0.4, 0.5) is 0 Å². The number of esters is 1. The standard InChI is InChI=1S/C12H19NO2S/c1-11(2,13)12(3,7-10(14)15-4)9-5-6-16-8-9/h5-6,8H,7,13H2,1-4H3. The highest BCUT2D eigenvalue weighted by atomic mass is 32.1. The summed E-state index contributed by atoms with van der Waals surface area (Å²) in [4.78, 5) is 11.5. The molecular weight excluding hydrogens is 222 g/mol. The van der Waals surface area contributed by atoms with Gasteiger partial charge in [-0.15, -0.1) is 0 Å². The van der Waals surface area contributed by atoms with Gasteiger partial charge in [-0.2, -0.15) is 11.3 Å². The number of rotatable bonds is 4. The minimum atomic E-state index is -0.484. The van der Waals surface area contributed by atoms with Gasteiger partial charge in [0.2, 0.25) is 0 Å². The summed E-state index contributed by atoms with van der Waals surface area (Å²) in [6.07, 6.45) is 0.295. The van der Waals surface area contributed by atoms with Crippen LogP contribution < -0.4 is 5.73 Å². The molecule has 4 heteroatoms. The van der Waals surface area contributed by atoms with E-state index in [1.54, 1.807) is 11.3 Å². The topological polar surface area (TPSA) is 52.3 Å².